The Hall–Kier alpha value is -1.59. The van der Waals surface area contributed by atoms with Crippen LogP contribution in [0.3, 0.4) is 0 Å². The number of aromatic nitrogens is 3. The standard InChI is InChI=1S/C13H22N6/c1-18(10-6-2-3-7-10)12-15-11(14)16-13(17-12)19-8-4-5-9-19/h10H,2-9H2,1H3,(H2,14,15,16,17). The number of nitrogens with zero attached hydrogens (tertiary/aromatic N) is 5. The summed E-state index contributed by atoms with van der Waals surface area (Å²) in [5.74, 6) is 1.79. The maximum Gasteiger partial charge on any atom is 0.231 e. The molecule has 19 heavy (non-hydrogen) atoms. The molecule has 2 N–H and O–H groups in total. The topological polar surface area (TPSA) is 71.2 Å². The molecule has 0 amide bonds. The van der Waals surface area contributed by atoms with Gasteiger partial charge in [0.05, 0.1) is 0 Å². The van der Waals surface area contributed by atoms with Gasteiger partial charge >= 0.3 is 0 Å². The summed E-state index contributed by atoms with van der Waals surface area (Å²) in [6.07, 6.45) is 7.46. The zero-order valence-corrected chi connectivity index (χ0v) is 11.5. The van der Waals surface area contributed by atoms with E-state index in [2.05, 4.69) is 31.8 Å². The summed E-state index contributed by atoms with van der Waals surface area (Å²) in [4.78, 5) is 17.6. The van der Waals surface area contributed by atoms with Crippen LogP contribution < -0.4 is 15.5 Å². The van der Waals surface area contributed by atoms with E-state index in [4.69, 9.17) is 5.73 Å². The fourth-order valence-corrected chi connectivity index (χ4v) is 3.04. The Balaban J connectivity index is 1.83. The largest absolute Gasteiger partial charge is 0.368 e. The highest BCUT2D eigenvalue weighted by Crippen LogP contribution is 2.26. The highest BCUT2D eigenvalue weighted by atomic mass is 15.4. The Morgan fingerprint density at radius 2 is 1.74 bits per heavy atom. The molecule has 6 heteroatoms. The summed E-state index contributed by atoms with van der Waals surface area (Å²) < 4.78 is 0. The molecule has 104 valence electrons. The van der Waals surface area contributed by atoms with Crippen molar-refractivity contribution in [3.63, 3.8) is 0 Å². The lowest BCUT2D eigenvalue weighted by Gasteiger charge is -2.25. The second kappa shape index (κ2) is 5.19. The first-order valence-electron chi connectivity index (χ1n) is 7.23. The van der Waals surface area contributed by atoms with E-state index in [-0.39, 0.29) is 0 Å². The molecule has 6 nitrogen and oxygen atoms in total. The van der Waals surface area contributed by atoms with Gasteiger partial charge in [-0.2, -0.15) is 15.0 Å². The summed E-state index contributed by atoms with van der Waals surface area (Å²) in [6.45, 7) is 2.05. The second-order valence-corrected chi connectivity index (χ2v) is 5.54. The van der Waals surface area contributed by atoms with Gasteiger partial charge in [-0.05, 0) is 25.7 Å². The zero-order valence-electron chi connectivity index (χ0n) is 11.5. The highest BCUT2D eigenvalue weighted by molar-refractivity contribution is 5.44. The van der Waals surface area contributed by atoms with Crippen LogP contribution in [0.25, 0.3) is 0 Å². The molecule has 0 spiro atoms. The van der Waals surface area contributed by atoms with Crippen molar-refractivity contribution in [2.75, 3.05) is 35.7 Å². The van der Waals surface area contributed by atoms with Gasteiger partial charge in [-0.1, -0.05) is 12.8 Å². The Bertz CT molecular complexity index is 437. The van der Waals surface area contributed by atoms with Crippen molar-refractivity contribution >= 4 is 17.8 Å². The van der Waals surface area contributed by atoms with E-state index >= 15 is 0 Å². The van der Waals surface area contributed by atoms with E-state index in [1.165, 1.54) is 38.5 Å². The van der Waals surface area contributed by atoms with Crippen LogP contribution >= 0.6 is 0 Å². The van der Waals surface area contributed by atoms with Crippen molar-refractivity contribution in [3.8, 4) is 0 Å². The third-order valence-corrected chi connectivity index (χ3v) is 4.21. The number of hydrogen-bond donors (Lipinski definition) is 1. The average Bonchev–Trinajstić information content (AvgIpc) is 3.10. The lowest BCUT2D eigenvalue weighted by atomic mass is 10.2. The minimum Gasteiger partial charge on any atom is -0.368 e. The summed E-state index contributed by atoms with van der Waals surface area (Å²) >= 11 is 0. The smallest absolute Gasteiger partial charge is 0.231 e. The molecule has 0 atom stereocenters. The van der Waals surface area contributed by atoms with Crippen molar-refractivity contribution in [1.82, 2.24) is 15.0 Å². The maximum absolute atomic E-state index is 5.85. The van der Waals surface area contributed by atoms with Crippen molar-refractivity contribution in [2.24, 2.45) is 0 Å². The first kappa shape index (κ1) is 12.4. The van der Waals surface area contributed by atoms with Crippen LogP contribution in [0, 0.1) is 0 Å². The first-order chi connectivity index (χ1) is 9.24. The molecule has 0 aromatic carbocycles. The number of hydrogen-bond acceptors (Lipinski definition) is 6. The molecule has 2 heterocycles. The van der Waals surface area contributed by atoms with Crippen LogP contribution in [-0.2, 0) is 0 Å². The van der Waals surface area contributed by atoms with Gasteiger partial charge in [0.15, 0.2) is 0 Å². The maximum atomic E-state index is 5.85. The molecule has 0 unspecified atom stereocenters. The summed E-state index contributed by atoms with van der Waals surface area (Å²) in [5, 5.41) is 0. The summed E-state index contributed by atoms with van der Waals surface area (Å²) in [7, 11) is 2.07. The van der Waals surface area contributed by atoms with Crippen molar-refractivity contribution < 1.29 is 0 Å². The minimum atomic E-state index is 0.330. The Labute approximate surface area is 114 Å². The molecular weight excluding hydrogens is 240 g/mol. The molecule has 3 rings (SSSR count). The predicted molar refractivity (Wildman–Crippen MR) is 76.3 cm³/mol. The molecule has 1 aliphatic heterocycles. The fraction of sp³-hybridized carbons (Fsp3) is 0.769. The molecule has 1 saturated carbocycles. The van der Waals surface area contributed by atoms with Gasteiger partial charge in [-0.15, -0.1) is 0 Å². The van der Waals surface area contributed by atoms with E-state index in [0.717, 1.165) is 25.0 Å². The fourth-order valence-electron chi connectivity index (χ4n) is 3.04. The van der Waals surface area contributed by atoms with Gasteiger partial charge in [-0.25, -0.2) is 0 Å². The molecule has 1 aliphatic carbocycles. The predicted octanol–water partition coefficient (Wildman–Crippen LogP) is 1.43. The van der Waals surface area contributed by atoms with Gasteiger partial charge in [0.1, 0.15) is 0 Å². The number of nitrogens with two attached hydrogens (primary N) is 1. The molecular formula is C13H22N6. The van der Waals surface area contributed by atoms with Crippen LogP contribution in [0.5, 0.6) is 0 Å². The third-order valence-electron chi connectivity index (χ3n) is 4.21. The van der Waals surface area contributed by atoms with E-state index in [1.807, 2.05) is 0 Å². The van der Waals surface area contributed by atoms with E-state index < -0.39 is 0 Å². The molecule has 2 fully saturated rings. The second-order valence-electron chi connectivity index (χ2n) is 5.54. The summed E-state index contributed by atoms with van der Waals surface area (Å²) in [5.41, 5.74) is 5.85. The van der Waals surface area contributed by atoms with Crippen LogP contribution in [0.1, 0.15) is 38.5 Å². The van der Waals surface area contributed by atoms with Crippen molar-refractivity contribution in [2.45, 2.75) is 44.6 Å². The van der Waals surface area contributed by atoms with E-state index in [0.29, 0.717) is 12.0 Å². The monoisotopic (exact) mass is 262 g/mol. The minimum absolute atomic E-state index is 0.330. The van der Waals surface area contributed by atoms with Gasteiger partial charge in [0, 0.05) is 26.2 Å². The van der Waals surface area contributed by atoms with Crippen molar-refractivity contribution in [1.29, 1.82) is 0 Å². The van der Waals surface area contributed by atoms with E-state index in [1.54, 1.807) is 0 Å². The van der Waals surface area contributed by atoms with Gasteiger partial charge in [-0.3, -0.25) is 0 Å². The summed E-state index contributed by atoms with van der Waals surface area (Å²) in [6, 6.07) is 0.549. The lowest BCUT2D eigenvalue weighted by molar-refractivity contribution is 0.636. The average molecular weight is 262 g/mol. The lowest BCUT2D eigenvalue weighted by Crippen LogP contribution is -2.32. The molecule has 0 bridgehead atoms. The van der Waals surface area contributed by atoms with Crippen LogP contribution in [0.2, 0.25) is 0 Å². The van der Waals surface area contributed by atoms with Crippen LogP contribution in [0.15, 0.2) is 0 Å². The van der Waals surface area contributed by atoms with Gasteiger partial charge < -0.3 is 15.5 Å². The number of rotatable bonds is 3. The highest BCUT2D eigenvalue weighted by Gasteiger charge is 2.23. The third kappa shape index (κ3) is 2.57. The molecule has 0 radical (unpaired) electrons. The molecule has 2 aliphatic rings. The van der Waals surface area contributed by atoms with Crippen LogP contribution in [-0.4, -0.2) is 41.1 Å². The van der Waals surface area contributed by atoms with Crippen LogP contribution in [0.4, 0.5) is 17.8 Å². The Morgan fingerprint density at radius 1 is 1.05 bits per heavy atom. The Morgan fingerprint density at radius 3 is 2.42 bits per heavy atom. The van der Waals surface area contributed by atoms with Gasteiger partial charge in [0.2, 0.25) is 17.8 Å². The van der Waals surface area contributed by atoms with Crippen molar-refractivity contribution in [3.05, 3.63) is 0 Å². The SMILES string of the molecule is CN(c1nc(N)nc(N2CCCC2)n1)C1CCCC1. The van der Waals surface area contributed by atoms with Gasteiger partial charge in [0.25, 0.3) is 0 Å². The normalized spacial score (nSPS) is 20.2. The zero-order chi connectivity index (χ0) is 13.2. The molecule has 1 aromatic rings. The Kier molecular flexibility index (Phi) is 3.40. The quantitative estimate of drug-likeness (QED) is 0.888. The first-order valence-corrected chi connectivity index (χ1v) is 7.23. The molecule has 1 aromatic heterocycles. The molecule has 1 saturated heterocycles. The van der Waals surface area contributed by atoms with E-state index in [9.17, 15) is 0 Å². The number of nitrogen functional groups attached to an aromatic ring is 1. The number of anilines is 3.